The summed E-state index contributed by atoms with van der Waals surface area (Å²) in [7, 11) is 1.26. The molecule has 3 heterocycles. The van der Waals surface area contributed by atoms with E-state index in [1.807, 2.05) is 0 Å². The highest BCUT2D eigenvalue weighted by atomic mass is 32.1. The summed E-state index contributed by atoms with van der Waals surface area (Å²) in [6.45, 7) is -0.439. The highest BCUT2D eigenvalue weighted by Crippen LogP contribution is 2.36. The lowest BCUT2D eigenvalue weighted by Gasteiger charge is -2.50. The highest BCUT2D eigenvalue weighted by molar-refractivity contribution is 7.13. The number of aliphatic carboxylic acids is 1. The Morgan fingerprint density at radius 3 is 2.85 bits per heavy atom. The molecule has 1 aromatic heterocycles. The number of carbonyl (C=O) groups excluding carboxylic acids is 2. The summed E-state index contributed by atoms with van der Waals surface area (Å²) in [5, 5.41) is 26.6. The van der Waals surface area contributed by atoms with Gasteiger partial charge in [-0.2, -0.15) is 0 Å². The van der Waals surface area contributed by atoms with Crippen molar-refractivity contribution < 1.29 is 29.4 Å². The Hall–Kier alpha value is -2.99. The lowest BCUT2D eigenvalue weighted by molar-refractivity contribution is -0.155. The first-order chi connectivity index (χ1) is 12.9. The minimum Gasteiger partial charge on any atom is -0.477 e. The minimum absolute atomic E-state index is 0.141. The molecule has 0 spiro atoms. The van der Waals surface area contributed by atoms with Crippen LogP contribution in [0.5, 0.6) is 0 Å². The maximum atomic E-state index is 12.6. The van der Waals surface area contributed by atoms with E-state index in [2.05, 4.69) is 20.3 Å². The fourth-order valence-electron chi connectivity index (χ4n) is 3.20. The first-order valence-corrected chi connectivity index (χ1v) is 8.79. The number of carboxylic acid groups (broad SMARTS) is 1. The summed E-state index contributed by atoms with van der Waals surface area (Å²) in [6.07, 6.45) is 0.740. The van der Waals surface area contributed by atoms with Crippen LogP contribution in [-0.2, 0) is 19.2 Å². The number of nitrogen functional groups attached to an aromatic ring is 1. The van der Waals surface area contributed by atoms with Crippen LogP contribution in [0.4, 0.5) is 5.13 Å². The van der Waals surface area contributed by atoms with E-state index in [1.165, 1.54) is 12.5 Å². The number of hydrogen-bond donors (Lipinski definition) is 4. The number of aliphatic hydroxyl groups is 1. The van der Waals surface area contributed by atoms with Crippen molar-refractivity contribution in [1.29, 1.82) is 0 Å². The molecule has 5 N–H and O–H groups in total. The number of rotatable bonds is 6. The highest BCUT2D eigenvalue weighted by Gasteiger charge is 2.53. The second kappa shape index (κ2) is 7.32. The molecule has 12 heteroatoms. The SMILES string of the molecule is CON=C(C(=O)N[C@@H]1C(=O)N2C(C(=O)O)=C(CO)CCC12)c1csc(N)n1. The largest absolute Gasteiger partial charge is 0.477 e. The van der Waals surface area contributed by atoms with E-state index in [4.69, 9.17) is 5.73 Å². The number of aromatic nitrogens is 1. The van der Waals surface area contributed by atoms with E-state index < -0.39 is 36.5 Å². The molecular weight excluding hydrogens is 378 g/mol. The molecule has 3 rings (SSSR count). The molecule has 0 radical (unpaired) electrons. The molecule has 0 bridgehead atoms. The van der Waals surface area contributed by atoms with Gasteiger partial charge in [0, 0.05) is 5.38 Å². The summed E-state index contributed by atoms with van der Waals surface area (Å²) in [5.41, 5.74) is 5.70. The summed E-state index contributed by atoms with van der Waals surface area (Å²) in [5.74, 6) is -2.54. The van der Waals surface area contributed by atoms with E-state index in [9.17, 15) is 24.6 Å². The zero-order valence-corrected chi connectivity index (χ0v) is 15.0. The molecule has 0 saturated carbocycles. The van der Waals surface area contributed by atoms with Crippen molar-refractivity contribution in [2.45, 2.75) is 24.9 Å². The Bertz CT molecular complexity index is 863. The molecule has 1 saturated heterocycles. The van der Waals surface area contributed by atoms with Gasteiger partial charge in [0.1, 0.15) is 24.5 Å². The monoisotopic (exact) mass is 395 g/mol. The van der Waals surface area contributed by atoms with E-state index in [-0.39, 0.29) is 27.8 Å². The van der Waals surface area contributed by atoms with E-state index in [0.717, 1.165) is 16.2 Å². The van der Waals surface area contributed by atoms with Crippen molar-refractivity contribution in [3.63, 3.8) is 0 Å². The third-order valence-corrected chi connectivity index (χ3v) is 5.05. The maximum absolute atomic E-state index is 12.6. The van der Waals surface area contributed by atoms with Crippen LogP contribution in [0.2, 0.25) is 0 Å². The first kappa shape index (κ1) is 18.8. The van der Waals surface area contributed by atoms with Gasteiger partial charge in [-0.05, 0) is 18.4 Å². The van der Waals surface area contributed by atoms with Crippen LogP contribution in [0, 0.1) is 0 Å². The molecule has 2 amide bonds. The van der Waals surface area contributed by atoms with Crippen LogP contribution in [0.3, 0.4) is 0 Å². The number of thiazole rings is 1. The van der Waals surface area contributed by atoms with Gasteiger partial charge in [0.2, 0.25) is 0 Å². The van der Waals surface area contributed by atoms with Crippen molar-refractivity contribution in [2.24, 2.45) is 5.16 Å². The number of anilines is 1. The Kier molecular flexibility index (Phi) is 5.10. The second-order valence-electron chi connectivity index (χ2n) is 5.87. The van der Waals surface area contributed by atoms with E-state index in [0.29, 0.717) is 12.8 Å². The average molecular weight is 395 g/mol. The van der Waals surface area contributed by atoms with Crippen molar-refractivity contribution in [3.05, 3.63) is 22.3 Å². The molecule has 1 fully saturated rings. The normalized spacial score (nSPS) is 22.2. The van der Waals surface area contributed by atoms with Gasteiger partial charge in [0.25, 0.3) is 11.8 Å². The zero-order valence-electron chi connectivity index (χ0n) is 14.2. The first-order valence-electron chi connectivity index (χ1n) is 7.91. The fourth-order valence-corrected chi connectivity index (χ4v) is 3.74. The number of fused-ring (bicyclic) bond motifs is 1. The zero-order chi connectivity index (χ0) is 19.7. The number of hydrogen-bond acceptors (Lipinski definition) is 9. The molecule has 2 atom stereocenters. The van der Waals surface area contributed by atoms with Crippen LogP contribution >= 0.6 is 11.3 Å². The molecule has 2 aliphatic heterocycles. The number of amides is 2. The predicted molar refractivity (Wildman–Crippen MR) is 93.6 cm³/mol. The van der Waals surface area contributed by atoms with E-state index >= 15 is 0 Å². The Labute approximate surface area is 157 Å². The van der Waals surface area contributed by atoms with Gasteiger partial charge in [-0.25, -0.2) is 9.78 Å². The van der Waals surface area contributed by atoms with Gasteiger partial charge in [0.15, 0.2) is 10.8 Å². The van der Waals surface area contributed by atoms with Crippen LogP contribution < -0.4 is 11.1 Å². The Morgan fingerprint density at radius 1 is 1.56 bits per heavy atom. The third-order valence-electron chi connectivity index (χ3n) is 4.38. The number of β-lactam (4-membered cyclic amide) rings is 1. The van der Waals surface area contributed by atoms with Crippen molar-refractivity contribution in [3.8, 4) is 0 Å². The predicted octanol–water partition coefficient (Wildman–Crippen LogP) is -1.10. The number of carboxylic acids is 1. The van der Waals surface area contributed by atoms with E-state index in [1.54, 1.807) is 0 Å². The number of nitrogens with two attached hydrogens (primary N) is 1. The molecule has 1 aromatic rings. The second-order valence-corrected chi connectivity index (χ2v) is 6.76. The van der Waals surface area contributed by atoms with Gasteiger partial charge < -0.3 is 26.1 Å². The third kappa shape index (κ3) is 3.24. The van der Waals surface area contributed by atoms with Crippen LogP contribution in [0.15, 0.2) is 21.8 Å². The van der Waals surface area contributed by atoms with Crippen molar-refractivity contribution in [1.82, 2.24) is 15.2 Å². The number of aliphatic hydroxyl groups excluding tert-OH is 1. The van der Waals surface area contributed by atoms with Crippen molar-refractivity contribution in [2.75, 3.05) is 19.5 Å². The molecular formula is C15H17N5O6S. The molecule has 2 aliphatic rings. The number of oxime groups is 1. The quantitative estimate of drug-likeness (QED) is 0.267. The minimum atomic E-state index is -1.29. The van der Waals surface area contributed by atoms with Gasteiger partial charge in [-0.3, -0.25) is 14.5 Å². The maximum Gasteiger partial charge on any atom is 0.352 e. The number of carbonyl (C=O) groups is 3. The smallest absolute Gasteiger partial charge is 0.352 e. The number of nitrogens with one attached hydrogen (secondary N) is 1. The van der Waals surface area contributed by atoms with Crippen LogP contribution in [0.25, 0.3) is 0 Å². The van der Waals surface area contributed by atoms with Gasteiger partial charge in [0.05, 0.1) is 12.6 Å². The summed E-state index contributed by atoms with van der Waals surface area (Å²) < 4.78 is 0. The lowest BCUT2D eigenvalue weighted by atomic mass is 9.83. The molecule has 0 aliphatic carbocycles. The van der Waals surface area contributed by atoms with Gasteiger partial charge >= 0.3 is 5.97 Å². The molecule has 144 valence electrons. The summed E-state index contributed by atoms with van der Waals surface area (Å²) in [4.78, 5) is 46.2. The Morgan fingerprint density at radius 2 is 2.30 bits per heavy atom. The summed E-state index contributed by atoms with van der Waals surface area (Å²) in [6, 6.07) is -1.41. The molecule has 1 unspecified atom stereocenters. The topological polar surface area (TPSA) is 167 Å². The molecule has 0 aromatic carbocycles. The van der Waals surface area contributed by atoms with Crippen LogP contribution in [0.1, 0.15) is 18.5 Å². The van der Waals surface area contributed by atoms with Gasteiger partial charge in [-0.15, -0.1) is 11.3 Å². The Balaban J connectivity index is 1.79. The molecule has 27 heavy (non-hydrogen) atoms. The number of nitrogens with zero attached hydrogens (tertiary/aromatic N) is 3. The van der Waals surface area contributed by atoms with Crippen molar-refractivity contribution >= 4 is 40.0 Å². The summed E-state index contributed by atoms with van der Waals surface area (Å²) >= 11 is 1.12. The van der Waals surface area contributed by atoms with Crippen LogP contribution in [-0.4, -0.2) is 69.4 Å². The van der Waals surface area contributed by atoms with Gasteiger partial charge in [-0.1, -0.05) is 5.16 Å². The lowest BCUT2D eigenvalue weighted by Crippen LogP contribution is -2.72. The fraction of sp³-hybridized carbons (Fsp3) is 0.400. The average Bonchev–Trinajstić information content (AvgIpc) is 3.08. The molecule has 11 nitrogen and oxygen atoms in total. The standard InChI is InChI=1S/C15H17N5O6S/c1-26-19-9(7-5-27-15(16)17-7)12(22)18-10-8-3-2-6(4-21)11(14(24)25)20(8)13(10)23/h5,8,10,21H,2-4H2,1H3,(H2,16,17)(H,18,22)(H,24,25)/t8?,10-/m0/s1.